The van der Waals surface area contributed by atoms with Gasteiger partial charge in [-0.3, -0.25) is 0 Å². The third-order valence-corrected chi connectivity index (χ3v) is 0.183. The summed E-state index contributed by atoms with van der Waals surface area (Å²) >= 11 is 0. The summed E-state index contributed by atoms with van der Waals surface area (Å²) in [4.78, 5) is 18.2. The molecule has 7 heavy (non-hydrogen) atoms. The van der Waals surface area contributed by atoms with Crippen molar-refractivity contribution in [3.8, 4) is 0 Å². The Morgan fingerprint density at radius 2 is 1.14 bits per heavy atom. The van der Waals surface area contributed by atoms with Crippen molar-refractivity contribution in [1.29, 1.82) is 0 Å². The van der Waals surface area contributed by atoms with Gasteiger partial charge in [0.05, 0.1) is 0 Å². The summed E-state index contributed by atoms with van der Waals surface area (Å²) in [7, 11) is 0. The summed E-state index contributed by atoms with van der Waals surface area (Å²) in [6.07, 6.45) is 0. The van der Waals surface area contributed by atoms with Crippen LogP contribution in [-0.4, -0.2) is 22.2 Å². The fourth-order valence-corrected chi connectivity index (χ4v) is 0. The molecule has 0 aromatic heterocycles. The van der Waals surface area contributed by atoms with Gasteiger partial charge in [0.1, 0.15) is 0 Å². The van der Waals surface area contributed by atoms with Gasteiger partial charge in [0.15, 0.2) is 0 Å². The Morgan fingerprint density at radius 1 is 1.00 bits per heavy atom. The molecule has 0 aliphatic heterocycles. The summed E-state index contributed by atoms with van der Waals surface area (Å²) in [5, 5.41) is 14.8. The number of carbonyl (C=O) groups is 2. The average molecular weight is 235 g/mol. The molecule has 0 unspecified atom stereocenters. The first-order valence-corrected chi connectivity index (χ1v) is 1.11. The first-order valence-electron chi connectivity index (χ1n) is 1.11. The molecule has 0 aliphatic rings. The molecule has 0 atom stereocenters. The van der Waals surface area contributed by atoms with Gasteiger partial charge in [-0.15, -0.1) is 0 Å². The Balaban J connectivity index is 0. The minimum Gasteiger partial charge on any atom is -0.473 e. The SMILES string of the molecule is O=C(O)C(=O)O.[Pm]. The molecule has 0 aromatic rings. The standard InChI is InChI=1S/C2H2O4.Pm/c3-1(4)2(5)6;/h(H,3,4)(H,5,6);. The zero-order valence-electron chi connectivity index (χ0n) is 3.16. The molecule has 4 nitrogen and oxygen atoms in total. The van der Waals surface area contributed by atoms with Crippen LogP contribution in [0.2, 0.25) is 0 Å². The summed E-state index contributed by atoms with van der Waals surface area (Å²) in [5.74, 6) is -3.65. The van der Waals surface area contributed by atoms with Crippen LogP contribution < -0.4 is 0 Å². The molecule has 0 saturated carbocycles. The molecule has 0 spiro atoms. The second-order valence-electron chi connectivity index (χ2n) is 0.610. The van der Waals surface area contributed by atoms with Crippen molar-refractivity contribution in [2.45, 2.75) is 0 Å². The summed E-state index contributed by atoms with van der Waals surface area (Å²) in [5.41, 5.74) is 0. The number of hydrogen-bond donors (Lipinski definition) is 2. The van der Waals surface area contributed by atoms with Crippen LogP contribution in [0.1, 0.15) is 0 Å². The van der Waals surface area contributed by atoms with Crippen LogP contribution in [0.5, 0.6) is 0 Å². The summed E-state index contributed by atoms with van der Waals surface area (Å²) < 4.78 is 0. The molecule has 0 aliphatic carbocycles. The summed E-state index contributed by atoms with van der Waals surface area (Å²) in [6.45, 7) is 0. The molecule has 2 N–H and O–H groups in total. The minimum atomic E-state index is -1.82. The van der Waals surface area contributed by atoms with E-state index in [0.29, 0.717) is 0 Å². The quantitative estimate of drug-likeness (QED) is 0.536. The van der Waals surface area contributed by atoms with E-state index < -0.39 is 11.9 Å². The van der Waals surface area contributed by atoms with Gasteiger partial charge in [-0.2, -0.15) is 0 Å². The third-order valence-electron chi connectivity index (χ3n) is 0.183. The number of carboxylic acids is 2. The summed E-state index contributed by atoms with van der Waals surface area (Å²) in [6, 6.07) is 0. The molecular formula is C2H2O4Pm. The van der Waals surface area contributed by atoms with E-state index in [0.717, 1.165) is 0 Å². The zero-order valence-corrected chi connectivity index (χ0v) is 6.03. The van der Waals surface area contributed by atoms with Gasteiger partial charge in [0.2, 0.25) is 0 Å². The number of aliphatic carboxylic acids is 2. The molecule has 39 valence electrons. The molecule has 0 rings (SSSR count). The minimum absolute atomic E-state index is 0. The Bertz CT molecular complexity index is 75.7. The van der Waals surface area contributed by atoms with Gasteiger partial charge in [-0.05, 0) is 0 Å². The zero-order chi connectivity index (χ0) is 5.15. The van der Waals surface area contributed by atoms with E-state index in [1.807, 2.05) is 0 Å². The second-order valence-corrected chi connectivity index (χ2v) is 0.610. The van der Waals surface area contributed by atoms with Crippen LogP contribution in [0.3, 0.4) is 0 Å². The van der Waals surface area contributed by atoms with E-state index in [4.69, 9.17) is 19.8 Å². The third kappa shape index (κ3) is 6.28. The molecule has 0 amide bonds. The van der Waals surface area contributed by atoms with Crippen molar-refractivity contribution < 1.29 is 60.2 Å². The van der Waals surface area contributed by atoms with Crippen LogP contribution in [0.4, 0.5) is 0 Å². The first-order chi connectivity index (χ1) is 2.64. The van der Waals surface area contributed by atoms with E-state index in [9.17, 15) is 0 Å². The van der Waals surface area contributed by atoms with Gasteiger partial charge in [-0.25, -0.2) is 9.59 Å². The number of rotatable bonds is 0. The Morgan fingerprint density at radius 3 is 1.14 bits per heavy atom. The smallest absolute Gasteiger partial charge is 0.414 e. The van der Waals surface area contributed by atoms with Gasteiger partial charge >= 0.3 is 11.9 Å². The van der Waals surface area contributed by atoms with Gasteiger partial charge in [0, 0.05) is 40.4 Å². The van der Waals surface area contributed by atoms with Crippen molar-refractivity contribution in [1.82, 2.24) is 0 Å². The van der Waals surface area contributed by atoms with E-state index in [-0.39, 0.29) is 40.4 Å². The number of carboxylic acid groups (broad SMARTS) is 2. The molecule has 0 aromatic carbocycles. The maximum Gasteiger partial charge on any atom is 0.414 e. The first kappa shape index (κ1) is 10.3. The van der Waals surface area contributed by atoms with Crippen molar-refractivity contribution in [3.63, 3.8) is 0 Å². The second kappa shape index (κ2) is 4.44. The van der Waals surface area contributed by atoms with E-state index in [1.54, 1.807) is 0 Å². The predicted molar refractivity (Wildman–Crippen MR) is 15.3 cm³/mol. The van der Waals surface area contributed by atoms with Crippen molar-refractivity contribution in [2.75, 3.05) is 0 Å². The Kier molecular flexibility index (Phi) is 6.53. The fraction of sp³-hybridized carbons (Fsp3) is 0. The van der Waals surface area contributed by atoms with Crippen molar-refractivity contribution in [2.24, 2.45) is 0 Å². The van der Waals surface area contributed by atoms with Crippen LogP contribution in [0.15, 0.2) is 0 Å². The van der Waals surface area contributed by atoms with Gasteiger partial charge in [0.25, 0.3) is 0 Å². The molecule has 5 heteroatoms. The van der Waals surface area contributed by atoms with Crippen LogP contribution in [0.25, 0.3) is 0 Å². The van der Waals surface area contributed by atoms with Crippen LogP contribution in [0, 0.1) is 40.4 Å². The van der Waals surface area contributed by atoms with Crippen molar-refractivity contribution in [3.05, 3.63) is 0 Å². The van der Waals surface area contributed by atoms with Crippen LogP contribution in [-0.2, 0) is 9.59 Å². The Labute approximate surface area is 71.6 Å². The largest absolute Gasteiger partial charge is 0.473 e. The molecule has 0 bridgehead atoms. The van der Waals surface area contributed by atoms with Gasteiger partial charge in [-0.1, -0.05) is 0 Å². The molecular weight excluding hydrogens is 233 g/mol. The monoisotopic (exact) mass is 235 g/mol. The van der Waals surface area contributed by atoms with Gasteiger partial charge < -0.3 is 10.2 Å². The van der Waals surface area contributed by atoms with Crippen LogP contribution >= 0.6 is 0 Å². The molecule has 0 heterocycles. The topological polar surface area (TPSA) is 74.6 Å². The molecule has 0 fully saturated rings. The average Bonchev–Trinajstić information content (AvgIpc) is 1.36. The normalized spacial score (nSPS) is 6.29. The Hall–Kier alpha value is 0.278. The maximum atomic E-state index is 9.10. The fourth-order valence-electron chi connectivity index (χ4n) is 0. The molecule has 1 radical (unpaired) electrons. The van der Waals surface area contributed by atoms with E-state index in [1.165, 1.54) is 0 Å². The van der Waals surface area contributed by atoms with Crippen molar-refractivity contribution >= 4 is 11.9 Å². The maximum absolute atomic E-state index is 9.10. The van der Waals surface area contributed by atoms with E-state index >= 15 is 0 Å². The van der Waals surface area contributed by atoms with E-state index in [2.05, 4.69) is 0 Å². The predicted octanol–water partition coefficient (Wildman–Crippen LogP) is -0.844. The molecule has 0 saturated heterocycles. The number of hydrogen-bond acceptors (Lipinski definition) is 2.